The fourth-order valence-electron chi connectivity index (χ4n) is 10.9. The Labute approximate surface area is 601 Å². The van der Waals surface area contributed by atoms with Crippen molar-refractivity contribution in [1.29, 1.82) is 0 Å². The van der Waals surface area contributed by atoms with E-state index in [2.05, 4.69) is 152 Å². The van der Waals surface area contributed by atoms with Crippen LogP contribution in [-0.4, -0.2) is 126 Å². The van der Waals surface area contributed by atoms with E-state index in [1.807, 2.05) is 73.7 Å². The fourth-order valence-corrected chi connectivity index (χ4v) is 11.8. The molecule has 30 nitrogen and oxygen atoms in total. The van der Waals surface area contributed by atoms with Crippen LogP contribution in [0.3, 0.4) is 0 Å². The molecule has 4 aromatic carbocycles. The number of rotatable bonds is 10. The molecule has 508 valence electrons. The molecule has 14 heterocycles. The number of benzene rings is 4. The van der Waals surface area contributed by atoms with Gasteiger partial charge in [-0.15, -0.1) is 0 Å². The van der Waals surface area contributed by atoms with Crippen molar-refractivity contribution in [2.45, 2.75) is 26.2 Å². The minimum Gasteiger partial charge on any atom is -0.323 e. The van der Waals surface area contributed by atoms with Crippen LogP contribution in [0.25, 0.3) is 87.6 Å². The third-order valence-corrected chi connectivity index (χ3v) is 16.4. The van der Waals surface area contributed by atoms with Crippen LogP contribution in [0.2, 0.25) is 26.4 Å². The van der Waals surface area contributed by atoms with Crippen molar-refractivity contribution in [1.82, 2.24) is 126 Å². The monoisotopic (exact) mass is 1470 g/mol. The summed E-state index contributed by atoms with van der Waals surface area (Å²) in [5.74, 6) is 5.06. The molecule has 0 radical (unpaired) electrons. The average molecular weight is 1470 g/mol. The number of para-hydroxylation sites is 3. The van der Waals surface area contributed by atoms with E-state index in [9.17, 15) is 8.78 Å². The Kier molecular flexibility index (Phi) is 18.8. The lowest BCUT2D eigenvalue weighted by molar-refractivity contribution is 0.629. The maximum Gasteiger partial charge on any atom is 0.226 e. The first-order chi connectivity index (χ1) is 50.3. The van der Waals surface area contributed by atoms with Gasteiger partial charge in [-0.1, -0.05) is 30.3 Å². The van der Waals surface area contributed by atoms with Gasteiger partial charge in [-0.05, 0) is 169 Å². The standard InChI is InChI=1S/C14H8ClFN6.C14H11ClFN5.C14H9ClN6.C13H8ClN7.C11H9ClN6/c15-14-18-9-5-2-6-17-11(9)13(20-14)19-12-7-3-1-4-8(16)10(7)21-22-12;15-14-17-10-3-1-2-8(10)12(19-14)18-13-9-6-7(16)4-5-11(9)20-21-13;15-14-17-10-5-6-16-7-9(10)12(19-14)18-13-8-3-1-2-4-11(8)20-21-13;14-13-18-10-8(5-15-6-16-10)11(19-13)17-12-7-3-1-2-4-9(7)20-21-12;1-6-5-8(18-17-6)14-10-7-3-2-4-13-9(7)15-11(12)16-10/h1-6H,(H2,18,19,20,21,22);4-6H,1-3H2,(H2,17,18,19,20,21);1-7H,(H2,17,18,19,20,21);1-6H,(H2,15,16,17,18,19,20,21);2-5H,1H3,(H2,13,14,15,16,17,18). The molecule has 0 atom stereocenters. The van der Waals surface area contributed by atoms with E-state index >= 15 is 0 Å². The normalized spacial score (nSPS) is 11.6. The summed E-state index contributed by atoms with van der Waals surface area (Å²) in [4.78, 5) is 62.2. The maximum atomic E-state index is 13.7. The second-order valence-electron chi connectivity index (χ2n) is 22.2. The summed E-state index contributed by atoms with van der Waals surface area (Å²) in [7, 11) is 0. The van der Waals surface area contributed by atoms with E-state index in [4.69, 9.17) is 58.0 Å². The lowest BCUT2D eigenvalue weighted by atomic mass is 10.2. The maximum absolute atomic E-state index is 13.7. The molecule has 0 saturated carbocycles. The molecule has 10 N–H and O–H groups in total. The predicted octanol–water partition coefficient (Wildman–Crippen LogP) is 15.3. The highest BCUT2D eigenvalue weighted by Crippen LogP contribution is 2.34. The van der Waals surface area contributed by atoms with Gasteiger partial charge >= 0.3 is 0 Å². The predicted molar refractivity (Wildman–Crippen MR) is 390 cm³/mol. The third kappa shape index (κ3) is 14.7. The van der Waals surface area contributed by atoms with Gasteiger partial charge in [0.2, 0.25) is 26.4 Å². The first-order valence-electron chi connectivity index (χ1n) is 30.8. The summed E-state index contributed by atoms with van der Waals surface area (Å²) in [6, 6.07) is 35.7. The molecule has 0 spiro atoms. The average Bonchev–Trinajstić information content (AvgIpc) is 1.77. The molecule has 0 bridgehead atoms. The Morgan fingerprint density at radius 3 is 1.69 bits per heavy atom. The minimum atomic E-state index is -0.373. The summed E-state index contributed by atoms with van der Waals surface area (Å²) < 4.78 is 27.1. The quantitative estimate of drug-likeness (QED) is 0.0569. The van der Waals surface area contributed by atoms with Gasteiger partial charge in [-0.2, -0.15) is 55.4 Å². The molecule has 0 saturated heterocycles. The number of nitrogens with one attached hydrogen (secondary N) is 10. The van der Waals surface area contributed by atoms with E-state index in [-0.39, 0.29) is 38.1 Å². The van der Waals surface area contributed by atoms with Crippen molar-refractivity contribution < 1.29 is 8.78 Å². The van der Waals surface area contributed by atoms with Gasteiger partial charge in [0.25, 0.3) is 0 Å². The molecular weight excluding hydrogens is 1430 g/mol. The summed E-state index contributed by atoms with van der Waals surface area (Å²) in [6.45, 7) is 1.92. The van der Waals surface area contributed by atoms with Crippen LogP contribution in [0.1, 0.15) is 23.4 Å². The summed E-state index contributed by atoms with van der Waals surface area (Å²) in [5.41, 5.74) is 8.87. The van der Waals surface area contributed by atoms with Crippen molar-refractivity contribution in [2.24, 2.45) is 0 Å². The second-order valence-corrected chi connectivity index (χ2v) is 23.9. The van der Waals surface area contributed by atoms with Gasteiger partial charge < -0.3 is 26.6 Å². The number of fused-ring (bicyclic) bond motifs is 9. The lowest BCUT2D eigenvalue weighted by Gasteiger charge is -2.08. The number of aromatic amines is 5. The van der Waals surface area contributed by atoms with Crippen LogP contribution >= 0.6 is 58.0 Å². The van der Waals surface area contributed by atoms with Crippen LogP contribution in [0.5, 0.6) is 0 Å². The number of anilines is 10. The van der Waals surface area contributed by atoms with Crippen LogP contribution in [0, 0.1) is 18.6 Å². The summed E-state index contributed by atoms with van der Waals surface area (Å²) >= 11 is 29.7. The third-order valence-electron chi connectivity index (χ3n) is 15.5. The van der Waals surface area contributed by atoms with Crippen molar-refractivity contribution >= 4 is 204 Å². The Balaban J connectivity index is 0.000000104. The van der Waals surface area contributed by atoms with E-state index in [0.717, 1.165) is 79.8 Å². The zero-order valence-electron chi connectivity index (χ0n) is 52.7. The zero-order chi connectivity index (χ0) is 70.5. The number of aryl methyl sites for hydroxylation is 2. The number of pyridine rings is 3. The number of hydrogen-bond donors (Lipinski definition) is 10. The van der Waals surface area contributed by atoms with Gasteiger partial charge in [0.05, 0.1) is 49.4 Å². The lowest BCUT2D eigenvalue weighted by Crippen LogP contribution is -2.02. The Bertz CT molecular complexity index is 6010. The van der Waals surface area contributed by atoms with Gasteiger partial charge in [0, 0.05) is 69.9 Å². The molecular formula is C66H45Cl5F2N30. The SMILES string of the molecule is Cc1cc(Nc2nc(Cl)nc3ncccc23)n[nH]1.Clc1nc(Nc2n[nH]c3ccccc23)c2cnccc2n1.Clc1nc(Nc2n[nH]c3ccccc23)c2cncnc2n1.Fc1ccc2[nH]nc(Nc3nc(Cl)nc4c3CCC4)c2c1.Fc1cccc2c(Nc3nc(Cl)nc4cccnc34)n[nH]c12. The number of hydrogen-bond acceptors (Lipinski definition) is 25. The number of H-pyrrole nitrogens is 5. The highest BCUT2D eigenvalue weighted by molar-refractivity contribution is 6.30. The van der Waals surface area contributed by atoms with E-state index < -0.39 is 0 Å². The minimum absolute atomic E-state index is 0.0917. The van der Waals surface area contributed by atoms with Gasteiger partial charge in [0.15, 0.2) is 46.2 Å². The van der Waals surface area contributed by atoms with Crippen molar-refractivity contribution in [3.8, 4) is 0 Å². The molecule has 1 aliphatic rings. The largest absolute Gasteiger partial charge is 0.323 e. The molecule has 0 fully saturated rings. The molecule has 1 aliphatic carbocycles. The summed E-state index contributed by atoms with van der Waals surface area (Å²) in [5, 5.41) is 57.0. The highest BCUT2D eigenvalue weighted by atomic mass is 35.5. The first kappa shape index (κ1) is 66.1. The molecule has 0 amide bonds. The number of halogens is 7. The molecule has 18 aromatic rings. The molecule has 14 aromatic heterocycles. The topological polar surface area (TPSA) is 397 Å². The molecule has 37 heteroatoms. The fraction of sp³-hybridized carbons (Fsp3) is 0.0606. The van der Waals surface area contributed by atoms with Crippen LogP contribution in [0.15, 0.2) is 159 Å². The Morgan fingerprint density at radius 2 is 0.951 bits per heavy atom. The molecule has 19 rings (SSSR count). The first-order valence-corrected chi connectivity index (χ1v) is 32.7. The van der Waals surface area contributed by atoms with Crippen molar-refractivity contribution in [3.05, 3.63) is 214 Å². The van der Waals surface area contributed by atoms with Gasteiger partial charge in [-0.25, -0.2) is 43.7 Å². The highest BCUT2D eigenvalue weighted by Gasteiger charge is 2.22. The van der Waals surface area contributed by atoms with Crippen LogP contribution in [0.4, 0.5) is 67.0 Å². The second kappa shape index (κ2) is 29.2. The summed E-state index contributed by atoms with van der Waals surface area (Å²) in [6.07, 6.45) is 12.6. The van der Waals surface area contributed by atoms with Gasteiger partial charge in [0.1, 0.15) is 52.3 Å². The molecule has 0 aliphatic heterocycles. The number of aromatic nitrogens is 25. The van der Waals surface area contributed by atoms with Crippen molar-refractivity contribution in [3.63, 3.8) is 0 Å². The van der Waals surface area contributed by atoms with Gasteiger partial charge in [-0.3, -0.25) is 35.5 Å². The van der Waals surface area contributed by atoms with Crippen molar-refractivity contribution in [2.75, 3.05) is 26.6 Å². The van der Waals surface area contributed by atoms with Crippen LogP contribution in [-0.2, 0) is 12.8 Å². The van der Waals surface area contributed by atoms with E-state index in [1.54, 1.807) is 67.4 Å². The number of nitrogens with zero attached hydrogens (tertiary/aromatic N) is 20. The van der Waals surface area contributed by atoms with E-state index in [1.165, 1.54) is 24.5 Å². The van der Waals surface area contributed by atoms with E-state index in [0.29, 0.717) is 102 Å². The Hall–Kier alpha value is -12.8. The molecule has 103 heavy (non-hydrogen) atoms. The smallest absolute Gasteiger partial charge is 0.226 e. The zero-order valence-corrected chi connectivity index (χ0v) is 56.5. The van der Waals surface area contributed by atoms with Crippen LogP contribution < -0.4 is 26.6 Å². The Morgan fingerprint density at radius 1 is 0.388 bits per heavy atom. The molecule has 0 unspecified atom stereocenters.